The number of para-hydroxylation sites is 1. The zero-order valence-corrected chi connectivity index (χ0v) is 12.6. The number of hydrogen-bond donors (Lipinski definition) is 3. The van der Waals surface area contributed by atoms with Gasteiger partial charge >= 0.3 is 0 Å². The van der Waals surface area contributed by atoms with Crippen LogP contribution in [-0.2, 0) is 4.79 Å². The molecular weight excluding hydrogens is 272 g/mol. The molecule has 0 spiro atoms. The number of nitrogens with one attached hydrogen (secondary N) is 2. The van der Waals surface area contributed by atoms with E-state index in [0.29, 0.717) is 6.42 Å². The van der Waals surface area contributed by atoms with Crippen LogP contribution in [-0.4, -0.2) is 21.5 Å². The molecule has 0 bridgehead atoms. The van der Waals surface area contributed by atoms with Crippen molar-refractivity contribution in [3.8, 4) is 0 Å². The van der Waals surface area contributed by atoms with E-state index in [2.05, 4.69) is 10.6 Å². The fraction of sp³-hybridized carbons (Fsp3) is 0.333. The molecule has 0 saturated heterocycles. The maximum atomic E-state index is 12.1. The second-order valence-corrected chi connectivity index (χ2v) is 6.01. The molecule has 20 heavy (non-hydrogen) atoms. The molecule has 5 heteroatoms. The van der Waals surface area contributed by atoms with Gasteiger partial charge in [0.05, 0.1) is 0 Å². The van der Waals surface area contributed by atoms with Gasteiger partial charge in [-0.2, -0.15) is 0 Å². The Morgan fingerprint density at radius 3 is 2.65 bits per heavy atom. The first-order valence-corrected chi connectivity index (χ1v) is 6.82. The lowest BCUT2D eigenvalue weighted by molar-refractivity contribution is -0.119. The highest BCUT2D eigenvalue weighted by Crippen LogP contribution is 2.25. The van der Waals surface area contributed by atoms with Crippen molar-refractivity contribution in [2.75, 3.05) is 5.32 Å². The first-order valence-electron chi connectivity index (χ1n) is 6.42. The Labute approximate surface area is 123 Å². The summed E-state index contributed by atoms with van der Waals surface area (Å²) < 4.78 is 0. The maximum Gasteiger partial charge on any atom is 0.258 e. The molecule has 2 rings (SSSR count). The standard InChI is InChI=1S/C15H18N2O2S/c1-9-6-4-5-7-10(9)16-14(20)12-11(18)8-15(2,3)17-13(12)19/h4-7,18H,8H2,1-3H3,(H,16,20)(H,17,19). The second-order valence-electron chi connectivity index (χ2n) is 5.61. The van der Waals surface area contributed by atoms with Gasteiger partial charge in [-0.05, 0) is 32.4 Å². The third-order valence-electron chi connectivity index (χ3n) is 3.20. The van der Waals surface area contributed by atoms with E-state index < -0.39 is 5.54 Å². The smallest absolute Gasteiger partial charge is 0.258 e. The quantitative estimate of drug-likeness (QED) is 0.733. The molecule has 1 heterocycles. The van der Waals surface area contributed by atoms with Crippen molar-refractivity contribution in [1.29, 1.82) is 0 Å². The van der Waals surface area contributed by atoms with Gasteiger partial charge in [0.1, 0.15) is 16.3 Å². The molecular formula is C15H18N2O2S. The van der Waals surface area contributed by atoms with Crippen molar-refractivity contribution in [2.24, 2.45) is 0 Å². The number of hydrogen-bond acceptors (Lipinski definition) is 3. The summed E-state index contributed by atoms with van der Waals surface area (Å²) in [4.78, 5) is 12.3. The van der Waals surface area contributed by atoms with Crippen LogP contribution in [0.5, 0.6) is 0 Å². The van der Waals surface area contributed by atoms with Gasteiger partial charge < -0.3 is 15.7 Å². The van der Waals surface area contributed by atoms with Crippen LogP contribution in [0.15, 0.2) is 35.6 Å². The van der Waals surface area contributed by atoms with E-state index in [4.69, 9.17) is 12.2 Å². The summed E-state index contributed by atoms with van der Waals surface area (Å²) in [6.45, 7) is 5.66. The van der Waals surface area contributed by atoms with E-state index >= 15 is 0 Å². The topological polar surface area (TPSA) is 61.4 Å². The summed E-state index contributed by atoms with van der Waals surface area (Å²) in [5.41, 5.74) is 1.55. The lowest BCUT2D eigenvalue weighted by Gasteiger charge is -2.32. The van der Waals surface area contributed by atoms with Crippen molar-refractivity contribution >= 4 is 28.8 Å². The SMILES string of the molecule is Cc1ccccc1NC(=S)C1=C(O)CC(C)(C)NC1=O. The molecule has 0 unspecified atom stereocenters. The summed E-state index contributed by atoms with van der Waals surface area (Å²) in [7, 11) is 0. The van der Waals surface area contributed by atoms with E-state index in [9.17, 15) is 9.90 Å². The number of benzene rings is 1. The van der Waals surface area contributed by atoms with Gasteiger partial charge in [0.15, 0.2) is 0 Å². The predicted octanol–water partition coefficient (Wildman–Crippen LogP) is 2.84. The summed E-state index contributed by atoms with van der Waals surface area (Å²) in [5.74, 6) is -0.310. The summed E-state index contributed by atoms with van der Waals surface area (Å²) in [6.07, 6.45) is 0.365. The number of carbonyl (C=O) groups excluding carboxylic acids is 1. The molecule has 0 atom stereocenters. The largest absolute Gasteiger partial charge is 0.511 e. The summed E-state index contributed by atoms with van der Waals surface area (Å²) in [5, 5.41) is 15.9. The van der Waals surface area contributed by atoms with Gasteiger partial charge in [-0.3, -0.25) is 4.79 Å². The lowest BCUT2D eigenvalue weighted by atomic mass is 9.92. The van der Waals surface area contributed by atoms with Gasteiger partial charge in [0.25, 0.3) is 5.91 Å². The first kappa shape index (κ1) is 14.5. The van der Waals surface area contributed by atoms with Crippen LogP contribution in [0, 0.1) is 6.92 Å². The van der Waals surface area contributed by atoms with Gasteiger partial charge in [0, 0.05) is 17.6 Å². The molecule has 1 aliphatic rings. The normalized spacial score (nSPS) is 17.6. The maximum absolute atomic E-state index is 12.1. The van der Waals surface area contributed by atoms with Crippen molar-refractivity contribution in [3.05, 3.63) is 41.2 Å². The molecule has 0 aliphatic carbocycles. The fourth-order valence-electron chi connectivity index (χ4n) is 2.18. The van der Waals surface area contributed by atoms with E-state index in [1.54, 1.807) is 0 Å². The summed E-state index contributed by atoms with van der Waals surface area (Å²) >= 11 is 5.25. The molecule has 1 amide bonds. The molecule has 3 N–H and O–H groups in total. The Balaban J connectivity index is 2.26. The molecule has 4 nitrogen and oxygen atoms in total. The molecule has 1 aromatic carbocycles. The van der Waals surface area contributed by atoms with Crippen LogP contribution in [0.4, 0.5) is 5.69 Å². The highest BCUT2D eigenvalue weighted by Gasteiger charge is 2.34. The minimum atomic E-state index is -0.455. The predicted molar refractivity (Wildman–Crippen MR) is 83.9 cm³/mol. The lowest BCUT2D eigenvalue weighted by Crippen LogP contribution is -2.49. The van der Waals surface area contributed by atoms with E-state index in [-0.39, 0.29) is 22.2 Å². The van der Waals surface area contributed by atoms with Crippen molar-refractivity contribution < 1.29 is 9.90 Å². The molecule has 106 valence electrons. The highest BCUT2D eigenvalue weighted by molar-refractivity contribution is 7.81. The molecule has 1 aromatic rings. The van der Waals surface area contributed by atoms with E-state index in [1.165, 1.54) is 0 Å². The second kappa shape index (κ2) is 5.25. The summed E-state index contributed by atoms with van der Waals surface area (Å²) in [6, 6.07) is 7.64. The van der Waals surface area contributed by atoms with Crippen LogP contribution in [0.1, 0.15) is 25.8 Å². The number of amides is 1. The number of thiocarbonyl (C=S) groups is 1. The van der Waals surface area contributed by atoms with Crippen LogP contribution in [0.2, 0.25) is 0 Å². The highest BCUT2D eigenvalue weighted by atomic mass is 32.1. The first-order chi connectivity index (χ1) is 9.30. The van der Waals surface area contributed by atoms with Crippen LogP contribution in [0.25, 0.3) is 0 Å². The number of carbonyl (C=O) groups is 1. The van der Waals surface area contributed by atoms with Crippen LogP contribution in [0.3, 0.4) is 0 Å². The van der Waals surface area contributed by atoms with Crippen molar-refractivity contribution in [2.45, 2.75) is 32.7 Å². The Kier molecular flexibility index (Phi) is 3.81. The molecule has 0 radical (unpaired) electrons. The van der Waals surface area contributed by atoms with E-state index in [0.717, 1.165) is 11.3 Å². The van der Waals surface area contributed by atoms with Crippen molar-refractivity contribution in [1.82, 2.24) is 5.32 Å². The van der Waals surface area contributed by atoms with Gasteiger partial charge in [-0.1, -0.05) is 30.4 Å². The van der Waals surface area contributed by atoms with Crippen LogP contribution >= 0.6 is 12.2 Å². The van der Waals surface area contributed by atoms with Crippen molar-refractivity contribution in [3.63, 3.8) is 0 Å². The average molecular weight is 290 g/mol. The molecule has 0 fully saturated rings. The zero-order valence-electron chi connectivity index (χ0n) is 11.8. The van der Waals surface area contributed by atoms with Crippen LogP contribution < -0.4 is 10.6 Å². The molecule has 0 aromatic heterocycles. The number of aliphatic hydroxyl groups excluding tert-OH is 1. The fourth-order valence-corrected chi connectivity index (χ4v) is 2.50. The Morgan fingerprint density at radius 1 is 1.40 bits per heavy atom. The Bertz CT molecular complexity index is 606. The molecule has 1 aliphatic heterocycles. The third-order valence-corrected chi connectivity index (χ3v) is 3.50. The van der Waals surface area contributed by atoms with Gasteiger partial charge in [0.2, 0.25) is 0 Å². The Morgan fingerprint density at radius 2 is 2.05 bits per heavy atom. The monoisotopic (exact) mass is 290 g/mol. The van der Waals surface area contributed by atoms with Gasteiger partial charge in [-0.15, -0.1) is 0 Å². The molecule has 0 saturated carbocycles. The Hall–Kier alpha value is -1.88. The number of rotatable bonds is 2. The average Bonchev–Trinajstić information content (AvgIpc) is 2.29. The third kappa shape index (κ3) is 2.99. The zero-order chi connectivity index (χ0) is 14.9. The number of anilines is 1. The van der Waals surface area contributed by atoms with E-state index in [1.807, 2.05) is 45.0 Å². The minimum absolute atomic E-state index is 0.0323. The number of aryl methyl sites for hydroxylation is 1. The number of aliphatic hydroxyl groups is 1. The van der Waals surface area contributed by atoms with Gasteiger partial charge in [-0.25, -0.2) is 0 Å². The minimum Gasteiger partial charge on any atom is -0.511 e.